The fraction of sp³-hybridized carbons (Fsp3) is 0.368. The molecule has 3 heteroatoms. The van der Waals surface area contributed by atoms with Gasteiger partial charge in [-0.2, -0.15) is 0 Å². The van der Waals surface area contributed by atoms with Crippen LogP contribution in [-0.4, -0.2) is 35.7 Å². The molecule has 1 aliphatic rings. The van der Waals surface area contributed by atoms with Gasteiger partial charge in [-0.05, 0) is 49.1 Å². The number of phenols is 1. The summed E-state index contributed by atoms with van der Waals surface area (Å²) < 4.78 is 0. The number of nitrogens with zero attached hydrogens (tertiary/aromatic N) is 1. The molecule has 0 atom stereocenters. The summed E-state index contributed by atoms with van der Waals surface area (Å²) in [6.07, 6.45) is 3.49. The summed E-state index contributed by atoms with van der Waals surface area (Å²) in [5.74, 6) is 0.321. The number of hydrogen-bond donors (Lipinski definition) is 2. The van der Waals surface area contributed by atoms with Gasteiger partial charge in [0.2, 0.25) is 0 Å². The SMILES string of the molecule is Oc1ccc(NC2CCN(CCc3ccccc3)CC2)cc1. The minimum absolute atomic E-state index is 0.321. The van der Waals surface area contributed by atoms with Crippen LogP contribution in [0.2, 0.25) is 0 Å². The van der Waals surface area contributed by atoms with Crippen LogP contribution in [0.25, 0.3) is 0 Å². The number of anilines is 1. The Morgan fingerprint density at radius 1 is 0.955 bits per heavy atom. The highest BCUT2D eigenvalue weighted by Crippen LogP contribution is 2.19. The second-order valence-corrected chi connectivity index (χ2v) is 6.04. The maximum Gasteiger partial charge on any atom is 0.115 e. The molecule has 0 aliphatic carbocycles. The Morgan fingerprint density at radius 2 is 1.64 bits per heavy atom. The number of likely N-dealkylation sites (tertiary alicyclic amines) is 1. The van der Waals surface area contributed by atoms with Gasteiger partial charge < -0.3 is 15.3 Å². The quantitative estimate of drug-likeness (QED) is 0.829. The molecule has 2 aromatic rings. The van der Waals surface area contributed by atoms with E-state index < -0.39 is 0 Å². The molecule has 0 radical (unpaired) electrons. The summed E-state index contributed by atoms with van der Waals surface area (Å²) in [5, 5.41) is 12.9. The first-order valence-electron chi connectivity index (χ1n) is 8.11. The van der Waals surface area contributed by atoms with E-state index in [0.717, 1.165) is 31.7 Å². The molecule has 3 nitrogen and oxygen atoms in total. The van der Waals surface area contributed by atoms with Crippen molar-refractivity contribution in [3.8, 4) is 5.75 Å². The Morgan fingerprint density at radius 3 is 2.32 bits per heavy atom. The highest BCUT2D eigenvalue weighted by atomic mass is 16.3. The molecule has 22 heavy (non-hydrogen) atoms. The Labute approximate surface area is 132 Å². The van der Waals surface area contributed by atoms with Crippen LogP contribution in [0.3, 0.4) is 0 Å². The van der Waals surface area contributed by atoms with Crippen molar-refractivity contribution in [1.29, 1.82) is 0 Å². The Bertz CT molecular complexity index is 560. The lowest BCUT2D eigenvalue weighted by Gasteiger charge is -2.32. The minimum Gasteiger partial charge on any atom is -0.508 e. The maximum atomic E-state index is 9.32. The lowest BCUT2D eigenvalue weighted by atomic mass is 10.0. The van der Waals surface area contributed by atoms with Gasteiger partial charge in [-0.15, -0.1) is 0 Å². The van der Waals surface area contributed by atoms with Crippen LogP contribution in [0.1, 0.15) is 18.4 Å². The number of hydrogen-bond acceptors (Lipinski definition) is 3. The average Bonchev–Trinajstić information content (AvgIpc) is 2.57. The average molecular weight is 296 g/mol. The number of piperidine rings is 1. The molecule has 1 aliphatic heterocycles. The molecule has 0 aromatic heterocycles. The van der Waals surface area contributed by atoms with Crippen LogP contribution in [0, 0.1) is 0 Å². The third-order valence-corrected chi connectivity index (χ3v) is 4.39. The van der Waals surface area contributed by atoms with Crippen molar-refractivity contribution < 1.29 is 5.11 Å². The highest BCUT2D eigenvalue weighted by molar-refractivity contribution is 5.46. The van der Waals surface area contributed by atoms with Crippen molar-refractivity contribution in [1.82, 2.24) is 4.90 Å². The molecule has 2 aromatic carbocycles. The molecule has 3 rings (SSSR count). The summed E-state index contributed by atoms with van der Waals surface area (Å²) in [4.78, 5) is 2.56. The van der Waals surface area contributed by atoms with Crippen LogP contribution < -0.4 is 5.32 Å². The molecule has 0 spiro atoms. The molecule has 0 bridgehead atoms. The second-order valence-electron chi connectivity index (χ2n) is 6.04. The van der Waals surface area contributed by atoms with Crippen LogP contribution >= 0.6 is 0 Å². The van der Waals surface area contributed by atoms with Gasteiger partial charge >= 0.3 is 0 Å². The van der Waals surface area contributed by atoms with E-state index in [1.165, 1.54) is 18.4 Å². The van der Waals surface area contributed by atoms with E-state index in [4.69, 9.17) is 0 Å². The van der Waals surface area contributed by atoms with E-state index in [2.05, 4.69) is 40.5 Å². The third-order valence-electron chi connectivity index (χ3n) is 4.39. The first-order valence-corrected chi connectivity index (χ1v) is 8.11. The fourth-order valence-electron chi connectivity index (χ4n) is 3.03. The van der Waals surface area contributed by atoms with Gasteiger partial charge in [0.15, 0.2) is 0 Å². The zero-order valence-electron chi connectivity index (χ0n) is 12.9. The predicted molar refractivity (Wildman–Crippen MR) is 91.3 cm³/mol. The molecule has 0 saturated carbocycles. The van der Waals surface area contributed by atoms with Crippen LogP contribution in [0.5, 0.6) is 5.75 Å². The summed E-state index contributed by atoms with van der Waals surface area (Å²) in [6.45, 7) is 3.46. The van der Waals surface area contributed by atoms with Crippen LogP contribution in [-0.2, 0) is 6.42 Å². The Kier molecular flexibility index (Phi) is 4.96. The zero-order chi connectivity index (χ0) is 15.2. The molecule has 1 fully saturated rings. The zero-order valence-corrected chi connectivity index (χ0v) is 12.9. The maximum absolute atomic E-state index is 9.32. The van der Waals surface area contributed by atoms with Gasteiger partial charge in [0.1, 0.15) is 5.75 Å². The van der Waals surface area contributed by atoms with E-state index in [0.29, 0.717) is 11.8 Å². The molecule has 1 heterocycles. The summed E-state index contributed by atoms with van der Waals surface area (Å²) in [7, 11) is 0. The summed E-state index contributed by atoms with van der Waals surface area (Å²) >= 11 is 0. The fourth-order valence-corrected chi connectivity index (χ4v) is 3.03. The van der Waals surface area contributed by atoms with Gasteiger partial charge in [-0.3, -0.25) is 0 Å². The van der Waals surface area contributed by atoms with Crippen LogP contribution in [0.4, 0.5) is 5.69 Å². The van der Waals surface area contributed by atoms with Gasteiger partial charge in [0.25, 0.3) is 0 Å². The van der Waals surface area contributed by atoms with E-state index in [1.54, 1.807) is 12.1 Å². The van der Waals surface area contributed by atoms with Gasteiger partial charge in [-0.25, -0.2) is 0 Å². The number of phenolic OH excluding ortho intramolecular Hbond substituents is 1. The Hall–Kier alpha value is -2.00. The summed E-state index contributed by atoms with van der Waals surface area (Å²) in [5.41, 5.74) is 2.52. The van der Waals surface area contributed by atoms with E-state index >= 15 is 0 Å². The van der Waals surface area contributed by atoms with E-state index in [9.17, 15) is 5.11 Å². The molecule has 2 N–H and O–H groups in total. The first-order chi connectivity index (χ1) is 10.8. The number of aromatic hydroxyl groups is 1. The minimum atomic E-state index is 0.321. The van der Waals surface area contributed by atoms with Crippen LogP contribution in [0.15, 0.2) is 54.6 Å². The lowest BCUT2D eigenvalue weighted by Crippen LogP contribution is -2.40. The van der Waals surface area contributed by atoms with Crippen molar-refractivity contribution >= 4 is 5.69 Å². The van der Waals surface area contributed by atoms with Crippen molar-refractivity contribution in [3.05, 3.63) is 60.2 Å². The molecular formula is C19H24N2O. The number of nitrogens with one attached hydrogen (secondary N) is 1. The second kappa shape index (κ2) is 7.32. The molecule has 0 amide bonds. The van der Waals surface area contributed by atoms with Crippen molar-refractivity contribution in [2.24, 2.45) is 0 Å². The monoisotopic (exact) mass is 296 g/mol. The van der Waals surface area contributed by atoms with Crippen molar-refractivity contribution in [3.63, 3.8) is 0 Å². The molecular weight excluding hydrogens is 272 g/mol. The number of rotatable bonds is 5. The highest BCUT2D eigenvalue weighted by Gasteiger charge is 2.18. The first kappa shape index (κ1) is 14.9. The van der Waals surface area contributed by atoms with Crippen molar-refractivity contribution in [2.45, 2.75) is 25.3 Å². The van der Waals surface area contributed by atoms with Gasteiger partial charge in [0, 0.05) is 31.4 Å². The lowest BCUT2D eigenvalue weighted by molar-refractivity contribution is 0.221. The molecule has 116 valence electrons. The largest absolute Gasteiger partial charge is 0.508 e. The topological polar surface area (TPSA) is 35.5 Å². The standard InChI is InChI=1S/C19H24N2O/c22-19-8-6-17(7-9-19)20-18-11-14-21(15-12-18)13-10-16-4-2-1-3-5-16/h1-9,18,20,22H,10-15H2. The predicted octanol–water partition coefficient (Wildman–Crippen LogP) is 3.51. The van der Waals surface area contributed by atoms with Crippen molar-refractivity contribution in [2.75, 3.05) is 25.0 Å². The third kappa shape index (κ3) is 4.25. The summed E-state index contributed by atoms with van der Waals surface area (Å²) in [6, 6.07) is 18.6. The van der Waals surface area contributed by atoms with E-state index in [-0.39, 0.29) is 0 Å². The van der Waals surface area contributed by atoms with Gasteiger partial charge in [0.05, 0.1) is 0 Å². The van der Waals surface area contributed by atoms with E-state index in [1.807, 2.05) is 12.1 Å². The number of benzene rings is 2. The normalized spacial score (nSPS) is 16.5. The smallest absolute Gasteiger partial charge is 0.115 e. The van der Waals surface area contributed by atoms with Gasteiger partial charge in [-0.1, -0.05) is 30.3 Å². The molecule has 0 unspecified atom stereocenters. The molecule has 1 saturated heterocycles. The Balaban J connectivity index is 1.41.